The third-order valence-corrected chi connectivity index (χ3v) is 4.96. The van der Waals surface area contributed by atoms with Crippen LogP contribution in [0.1, 0.15) is 29.2 Å². The minimum absolute atomic E-state index is 0. The number of hydrogen-bond acceptors (Lipinski definition) is 5. The summed E-state index contributed by atoms with van der Waals surface area (Å²) in [7, 11) is 0. The van der Waals surface area contributed by atoms with Crippen molar-refractivity contribution >= 4 is 28.8 Å². The molecule has 3 aromatic rings. The number of amides is 1. The van der Waals surface area contributed by atoms with E-state index in [4.69, 9.17) is 11.6 Å². The third-order valence-electron chi connectivity index (χ3n) is 4.06. The van der Waals surface area contributed by atoms with E-state index in [0.717, 1.165) is 22.9 Å². The zero-order valence-corrected chi connectivity index (χ0v) is 14.5. The predicted molar refractivity (Wildman–Crippen MR) is 98.8 cm³/mol. The number of carbonyl (C=O) groups is 1. The van der Waals surface area contributed by atoms with Crippen LogP contribution in [-0.2, 0) is 13.1 Å². The van der Waals surface area contributed by atoms with E-state index < -0.39 is 0 Å². The van der Waals surface area contributed by atoms with Gasteiger partial charge in [-0.25, -0.2) is 4.98 Å². The Bertz CT molecular complexity index is 906. The van der Waals surface area contributed by atoms with Gasteiger partial charge >= 0.3 is 0 Å². The van der Waals surface area contributed by atoms with Crippen molar-refractivity contribution in [3.63, 3.8) is 0 Å². The largest absolute Gasteiger partial charge is 0.329 e. The van der Waals surface area contributed by atoms with Gasteiger partial charge in [0, 0.05) is 18.5 Å². The summed E-state index contributed by atoms with van der Waals surface area (Å²) in [6.45, 7) is 3.60. The van der Waals surface area contributed by atoms with E-state index in [-0.39, 0.29) is 13.3 Å². The number of aryl methyl sites for hydroxylation is 1. The zero-order chi connectivity index (χ0) is 16.7. The van der Waals surface area contributed by atoms with Gasteiger partial charge in [0.05, 0.1) is 22.6 Å². The maximum absolute atomic E-state index is 12.8. The Morgan fingerprint density at radius 2 is 2.12 bits per heavy atom. The Hall–Kier alpha value is -2.25. The van der Waals surface area contributed by atoms with Crippen LogP contribution in [0.15, 0.2) is 29.1 Å². The highest BCUT2D eigenvalue weighted by molar-refractivity contribution is 7.07. The molecule has 25 heavy (non-hydrogen) atoms. The second-order valence-electron chi connectivity index (χ2n) is 5.68. The molecule has 0 saturated carbocycles. The molecule has 4 rings (SSSR count). The average molecular weight is 376 g/mol. The summed E-state index contributed by atoms with van der Waals surface area (Å²) in [6.07, 6.45) is 0. The molecule has 2 aromatic heterocycles. The molecule has 1 aliphatic rings. The van der Waals surface area contributed by atoms with E-state index in [9.17, 15) is 4.79 Å². The van der Waals surface area contributed by atoms with E-state index in [0.29, 0.717) is 30.2 Å². The standard InChI is InChI=1S/C16H14ClN5OS.CH4/c1-10-2-3-11(12(17)6-10)16(23)21-4-5-22-14(7-21)19-20-15(22)13-8-24-9-18-13;/h2-3,6,8-9H,4-5,7H2,1H3;1H4. The van der Waals surface area contributed by atoms with E-state index in [1.54, 1.807) is 16.5 Å². The van der Waals surface area contributed by atoms with E-state index in [1.165, 1.54) is 11.3 Å². The van der Waals surface area contributed by atoms with Gasteiger partial charge in [0.2, 0.25) is 0 Å². The minimum Gasteiger partial charge on any atom is -0.329 e. The van der Waals surface area contributed by atoms with Crippen molar-refractivity contribution in [3.05, 3.63) is 51.1 Å². The van der Waals surface area contributed by atoms with Crippen LogP contribution in [0.5, 0.6) is 0 Å². The van der Waals surface area contributed by atoms with Crippen molar-refractivity contribution < 1.29 is 4.79 Å². The van der Waals surface area contributed by atoms with Crippen molar-refractivity contribution in [1.29, 1.82) is 0 Å². The van der Waals surface area contributed by atoms with Gasteiger partial charge in [-0.3, -0.25) is 4.79 Å². The number of benzene rings is 1. The monoisotopic (exact) mass is 375 g/mol. The third kappa shape index (κ3) is 3.17. The van der Waals surface area contributed by atoms with Gasteiger partial charge in [-0.05, 0) is 24.6 Å². The lowest BCUT2D eigenvalue weighted by Crippen LogP contribution is -2.38. The van der Waals surface area contributed by atoms with Gasteiger partial charge in [0.25, 0.3) is 5.91 Å². The topological polar surface area (TPSA) is 63.9 Å². The summed E-state index contributed by atoms with van der Waals surface area (Å²) in [5.41, 5.74) is 4.15. The Kier molecular flexibility index (Phi) is 4.87. The number of nitrogens with zero attached hydrogens (tertiary/aromatic N) is 5. The fourth-order valence-electron chi connectivity index (χ4n) is 2.81. The van der Waals surface area contributed by atoms with Crippen molar-refractivity contribution in [2.24, 2.45) is 0 Å². The van der Waals surface area contributed by atoms with Gasteiger partial charge in [-0.15, -0.1) is 21.5 Å². The number of rotatable bonds is 2. The second-order valence-corrected chi connectivity index (χ2v) is 6.80. The lowest BCUT2D eigenvalue weighted by Gasteiger charge is -2.28. The molecule has 0 saturated heterocycles. The summed E-state index contributed by atoms with van der Waals surface area (Å²) < 4.78 is 2.02. The molecule has 0 unspecified atom stereocenters. The Morgan fingerprint density at radius 1 is 1.28 bits per heavy atom. The van der Waals surface area contributed by atoms with Gasteiger partial charge in [-0.2, -0.15) is 0 Å². The summed E-state index contributed by atoms with van der Waals surface area (Å²) in [4.78, 5) is 18.8. The molecule has 0 radical (unpaired) electrons. The molecular formula is C17H18ClN5OS. The summed E-state index contributed by atoms with van der Waals surface area (Å²) >= 11 is 7.75. The highest BCUT2D eigenvalue weighted by Gasteiger charge is 2.27. The first kappa shape index (κ1) is 17.6. The fourth-order valence-corrected chi connectivity index (χ4v) is 3.65. The fraction of sp³-hybridized carbons (Fsp3) is 0.294. The molecular weight excluding hydrogens is 358 g/mol. The highest BCUT2D eigenvalue weighted by Crippen LogP contribution is 2.24. The summed E-state index contributed by atoms with van der Waals surface area (Å²) in [5.74, 6) is 1.44. The van der Waals surface area contributed by atoms with Crippen molar-refractivity contribution in [3.8, 4) is 11.5 Å². The zero-order valence-electron chi connectivity index (χ0n) is 12.9. The van der Waals surface area contributed by atoms with E-state index >= 15 is 0 Å². The number of hydrogen-bond donors (Lipinski definition) is 0. The molecule has 130 valence electrons. The summed E-state index contributed by atoms with van der Waals surface area (Å²) in [6, 6.07) is 5.48. The highest BCUT2D eigenvalue weighted by atomic mass is 35.5. The van der Waals surface area contributed by atoms with Crippen LogP contribution in [0.2, 0.25) is 5.02 Å². The van der Waals surface area contributed by atoms with Crippen LogP contribution in [0.3, 0.4) is 0 Å². The maximum Gasteiger partial charge on any atom is 0.255 e. The quantitative estimate of drug-likeness (QED) is 0.685. The molecule has 8 heteroatoms. The number of aromatic nitrogens is 4. The number of fused-ring (bicyclic) bond motifs is 1. The molecule has 0 N–H and O–H groups in total. The first-order valence-electron chi connectivity index (χ1n) is 7.49. The van der Waals surface area contributed by atoms with Crippen LogP contribution in [0.4, 0.5) is 0 Å². The van der Waals surface area contributed by atoms with Crippen LogP contribution in [-0.4, -0.2) is 37.1 Å². The molecule has 1 aliphatic heterocycles. The van der Waals surface area contributed by atoms with Gasteiger partial charge in [0.1, 0.15) is 5.69 Å². The Labute approximate surface area is 155 Å². The lowest BCUT2D eigenvalue weighted by molar-refractivity contribution is 0.0708. The normalized spacial score (nSPS) is 13.3. The molecule has 1 amide bonds. The van der Waals surface area contributed by atoms with Gasteiger partial charge in [0.15, 0.2) is 11.6 Å². The molecule has 0 atom stereocenters. The molecule has 0 aliphatic carbocycles. The van der Waals surface area contributed by atoms with Crippen LogP contribution in [0.25, 0.3) is 11.5 Å². The number of carbonyl (C=O) groups excluding carboxylic acids is 1. The van der Waals surface area contributed by atoms with Crippen molar-refractivity contribution in [2.45, 2.75) is 27.4 Å². The van der Waals surface area contributed by atoms with E-state index in [2.05, 4.69) is 15.2 Å². The molecule has 0 bridgehead atoms. The average Bonchev–Trinajstić information content (AvgIpc) is 3.22. The Morgan fingerprint density at radius 3 is 2.84 bits per heavy atom. The van der Waals surface area contributed by atoms with Crippen molar-refractivity contribution in [1.82, 2.24) is 24.6 Å². The first-order valence-corrected chi connectivity index (χ1v) is 8.81. The molecule has 1 aromatic carbocycles. The molecule has 3 heterocycles. The molecule has 0 spiro atoms. The predicted octanol–water partition coefficient (Wildman–Crippen LogP) is 3.66. The van der Waals surface area contributed by atoms with Gasteiger partial charge < -0.3 is 9.47 Å². The van der Waals surface area contributed by atoms with Crippen LogP contribution >= 0.6 is 22.9 Å². The van der Waals surface area contributed by atoms with Crippen LogP contribution in [0, 0.1) is 6.92 Å². The minimum atomic E-state index is -0.0792. The SMILES string of the molecule is C.Cc1ccc(C(=O)N2CCn3c(nnc3-c3cscn3)C2)c(Cl)c1. The maximum atomic E-state index is 12.8. The lowest BCUT2D eigenvalue weighted by atomic mass is 10.1. The number of thiazole rings is 1. The Balaban J connectivity index is 0.00000182. The van der Waals surface area contributed by atoms with E-state index in [1.807, 2.05) is 29.0 Å². The molecule has 0 fully saturated rings. The molecule has 6 nitrogen and oxygen atoms in total. The second kappa shape index (κ2) is 6.93. The van der Waals surface area contributed by atoms with Gasteiger partial charge in [-0.1, -0.05) is 25.1 Å². The van der Waals surface area contributed by atoms with Crippen LogP contribution < -0.4 is 0 Å². The number of halogens is 1. The smallest absolute Gasteiger partial charge is 0.255 e. The summed E-state index contributed by atoms with van der Waals surface area (Å²) in [5, 5.41) is 10.9. The van der Waals surface area contributed by atoms with Crippen molar-refractivity contribution in [2.75, 3.05) is 6.54 Å². The first-order chi connectivity index (χ1) is 11.6.